The monoisotopic (exact) mass is 2040 g/mol. The summed E-state index contributed by atoms with van der Waals surface area (Å²) in [5.74, 6) is 17.1. The molecule has 0 aliphatic carbocycles. The Hall–Kier alpha value is -8.92. The van der Waals surface area contributed by atoms with Gasteiger partial charge in [0.05, 0.1) is 56.7 Å². The molecule has 0 bridgehead atoms. The van der Waals surface area contributed by atoms with Gasteiger partial charge in [-0.25, -0.2) is 24.9 Å². The van der Waals surface area contributed by atoms with Gasteiger partial charge in [0, 0.05) is 170 Å². The number of hydrogen-bond donors (Lipinski definition) is 0. The van der Waals surface area contributed by atoms with Gasteiger partial charge in [-0.2, -0.15) is 20.3 Å². The number of thiazole rings is 2. The van der Waals surface area contributed by atoms with Crippen LogP contribution in [0.1, 0.15) is 608 Å². The minimum atomic E-state index is 0.329. The third-order valence-electron chi connectivity index (χ3n) is 19.6. The number of imidazole rings is 3. The normalized spacial score (nSPS) is 10.9. The van der Waals surface area contributed by atoms with Gasteiger partial charge in [0.25, 0.3) is 0 Å². The quantitative estimate of drug-likeness (QED) is 0.0646. The van der Waals surface area contributed by atoms with E-state index in [1.807, 2.05) is 136 Å². The lowest BCUT2D eigenvalue weighted by molar-refractivity contribution is 0.359. The maximum atomic E-state index is 5.38. The molecule has 0 spiro atoms. The van der Waals surface area contributed by atoms with Crippen LogP contribution in [0.5, 0.6) is 0 Å². The molecule has 0 N–H and O–H groups in total. The van der Waals surface area contributed by atoms with Crippen LogP contribution in [-0.4, -0.2) is 118 Å². The van der Waals surface area contributed by atoms with Crippen molar-refractivity contribution in [2.75, 3.05) is 0 Å². The molecule has 12 rings (SSSR count). The molecule has 12 heterocycles. The summed E-state index contributed by atoms with van der Waals surface area (Å²) in [6.07, 6.45) is 19.1. The Labute approximate surface area is 889 Å². The molecule has 0 aliphatic rings. The van der Waals surface area contributed by atoms with E-state index in [1.165, 1.54) is 61.3 Å². The summed E-state index contributed by atoms with van der Waals surface area (Å²) in [7, 11) is 4.10. The molecule has 144 heavy (non-hydrogen) atoms. The first-order valence-corrected chi connectivity index (χ1v) is 55.9. The van der Waals surface area contributed by atoms with Crippen molar-refractivity contribution < 1.29 is 8.94 Å². The summed E-state index contributed by atoms with van der Waals surface area (Å²) in [5, 5.41) is 47.7. The first-order chi connectivity index (χ1) is 66.7. The summed E-state index contributed by atoms with van der Waals surface area (Å²) in [6.45, 7) is 123. The summed E-state index contributed by atoms with van der Waals surface area (Å²) < 4.78 is 26.7. The van der Waals surface area contributed by atoms with Crippen molar-refractivity contribution in [2.24, 2.45) is 31.8 Å². The van der Waals surface area contributed by atoms with Crippen molar-refractivity contribution in [3.8, 4) is 0 Å². The molecular formula is C116H218N24O2S2. The lowest BCUT2D eigenvalue weighted by atomic mass is 10.0. The van der Waals surface area contributed by atoms with Gasteiger partial charge in [-0.15, -0.1) is 48.2 Å². The SMILES string of the molecule is CC.CC.CC(C)C.CC(C)C.CC(C)C.CC(C)c1ccn(C(C)C)n1.CC(C)c1ccn(C(C)C)n1.CC(C)c1cn(C)c(C(C)C)n1.CC(C)c1csc(C(C)C)n1.CC(C)c1csc(C(C)C)n1.CC(C)c1nnc(C(C)C)n1C.CC(C)c1nnc(C(C)C)o1.CC(C)c1noc(C(C)C)n1.CC(C)n1ccnc1.CC(C)n1ccnn1.Cc1nccn1C(C)C.Cc1nn(C(C)C)c(C)c1C(C)C. The van der Waals surface area contributed by atoms with Crippen molar-refractivity contribution in [3.05, 3.63) is 187 Å². The number of rotatable bonds is 21. The van der Waals surface area contributed by atoms with Crippen LogP contribution < -0.4 is 0 Å². The van der Waals surface area contributed by atoms with Gasteiger partial charge < -0.3 is 27.2 Å². The maximum absolute atomic E-state index is 5.38. The molecule has 0 aliphatic heterocycles. The average Bonchev–Trinajstić information content (AvgIpc) is 1.69. The summed E-state index contributed by atoms with van der Waals surface area (Å²) in [6, 6.07) is 7.09. The van der Waals surface area contributed by atoms with E-state index < -0.39 is 0 Å². The van der Waals surface area contributed by atoms with Crippen molar-refractivity contribution in [3.63, 3.8) is 0 Å². The molecule has 0 saturated carbocycles. The lowest BCUT2D eigenvalue weighted by Gasteiger charge is -2.09. The Bertz CT molecular complexity index is 4340. The van der Waals surface area contributed by atoms with E-state index in [0.29, 0.717) is 125 Å². The predicted molar refractivity (Wildman–Crippen MR) is 620 cm³/mol. The van der Waals surface area contributed by atoms with E-state index in [2.05, 4.69) is 466 Å². The standard InChI is InChI=1S/C11H20N2.C10H18N2.C9H17N3.2C9H16N2.2C9H15NS.2C8H14N2O.C7H12N2.C6H10N2.C5H9N3.3C4H10.2C2H6/c1-7(2)11-9(5)12-13(8(3)4)10(11)6;1-7(2)9-6-12(5)10(11-9)8(3)4;1-6(2)8-10-11-9(7(3)4)12(8)5;2*1-7(2)9-5-6-11(10-9)8(3)4;2*1-6(2)8-5-11-9(10-8)7(3)4;1-5(2)7-9-10-8(11-7)6(3)4;1-5(2)7-9-8(6(3)4)11-10-7;1-6(2)9-5-4-8-7(9)3;1-6(2)8-4-3-7-5-8;1-5(2)8-4-3-6-7-8;3*1-4(2)3;2*1-2/h7-8H,1-6H3;6-8H,1-5H3;6-7H,1-5H3;2*5-8H,1-4H3;2*5-7H,1-4H3;2*5-6H,1-4H3;4-6H,1-3H3;3-6H,1-2H3;3-5H,1-2H3;3*4H,1-3H3;2*1-2H3. The van der Waals surface area contributed by atoms with Gasteiger partial charge in [-0.1, -0.05) is 308 Å². The van der Waals surface area contributed by atoms with Crippen LogP contribution in [0.4, 0.5) is 0 Å². The Kier molecular flexibility index (Phi) is 77.2. The van der Waals surface area contributed by atoms with Gasteiger partial charge >= 0.3 is 0 Å². The fraction of sp³-hybridized carbons (Fsp3) is 0.724. The zero-order valence-electron chi connectivity index (χ0n) is 103. The molecule has 0 unspecified atom stereocenters. The maximum Gasteiger partial charge on any atom is 0.229 e. The van der Waals surface area contributed by atoms with Gasteiger partial charge in [-0.3, -0.25) is 18.7 Å². The molecule has 12 aromatic rings. The third kappa shape index (κ3) is 61.6. The van der Waals surface area contributed by atoms with Crippen LogP contribution in [0.25, 0.3) is 0 Å². The zero-order chi connectivity index (χ0) is 113. The van der Waals surface area contributed by atoms with Crippen molar-refractivity contribution in [2.45, 2.75) is 527 Å². The third-order valence-corrected chi connectivity index (χ3v) is 22.0. The van der Waals surface area contributed by atoms with Crippen LogP contribution in [0.2, 0.25) is 0 Å². The van der Waals surface area contributed by atoms with Gasteiger partial charge in [-0.05, 0) is 175 Å². The largest absolute Gasteiger partial charge is 0.425 e. The second-order valence-electron chi connectivity index (χ2n) is 44.1. The first-order valence-electron chi connectivity index (χ1n) is 54.2. The lowest BCUT2D eigenvalue weighted by Crippen LogP contribution is -2.05. The van der Waals surface area contributed by atoms with Gasteiger partial charge in [0.15, 0.2) is 5.82 Å². The van der Waals surface area contributed by atoms with E-state index in [9.17, 15) is 0 Å². The van der Waals surface area contributed by atoms with Crippen LogP contribution in [0, 0.1) is 38.5 Å². The Morgan fingerprint density at radius 3 is 0.889 bits per heavy atom. The highest BCUT2D eigenvalue weighted by Crippen LogP contribution is 2.29. The highest BCUT2D eigenvalue weighted by Gasteiger charge is 2.19. The van der Waals surface area contributed by atoms with Crippen molar-refractivity contribution in [1.29, 1.82) is 0 Å². The number of nitrogens with zero attached hydrogens (tertiary/aromatic N) is 24. The van der Waals surface area contributed by atoms with E-state index in [4.69, 9.17) is 8.94 Å². The molecule has 0 fully saturated rings. The Balaban J connectivity index is -0.000000482. The molecule has 0 saturated heterocycles. The predicted octanol–water partition coefficient (Wildman–Crippen LogP) is 35.7. The van der Waals surface area contributed by atoms with Gasteiger partial charge in [0.2, 0.25) is 17.7 Å². The molecule has 0 aromatic carbocycles. The minimum Gasteiger partial charge on any atom is -0.425 e. The van der Waals surface area contributed by atoms with E-state index in [0.717, 1.165) is 58.7 Å². The molecule has 0 radical (unpaired) electrons. The molecule has 26 nitrogen and oxygen atoms in total. The molecule has 826 valence electrons. The summed E-state index contributed by atoms with van der Waals surface area (Å²) >= 11 is 3.55. The topological polar surface area (TPSA) is 272 Å². The minimum absolute atomic E-state index is 0.329. The molecular weight excluding hydrogens is 1830 g/mol. The van der Waals surface area contributed by atoms with E-state index in [1.54, 1.807) is 39.7 Å². The van der Waals surface area contributed by atoms with Crippen LogP contribution in [-0.2, 0) is 14.1 Å². The van der Waals surface area contributed by atoms with Crippen LogP contribution in [0.15, 0.2) is 93.9 Å². The fourth-order valence-corrected chi connectivity index (χ4v) is 13.7. The van der Waals surface area contributed by atoms with Crippen LogP contribution in [0.3, 0.4) is 0 Å². The second-order valence-corrected chi connectivity index (χ2v) is 45.9. The molecule has 0 amide bonds. The van der Waals surface area contributed by atoms with Crippen molar-refractivity contribution in [1.82, 2.24) is 118 Å². The number of hydrogen-bond acceptors (Lipinski definition) is 20. The van der Waals surface area contributed by atoms with E-state index >= 15 is 0 Å². The van der Waals surface area contributed by atoms with Crippen molar-refractivity contribution >= 4 is 22.7 Å². The smallest absolute Gasteiger partial charge is 0.229 e. The fourth-order valence-electron chi connectivity index (χ4n) is 11.7. The highest BCUT2D eigenvalue weighted by atomic mass is 32.1. The second kappa shape index (κ2) is 77.5. The number of aryl methyl sites for hydroxylation is 3. The van der Waals surface area contributed by atoms with E-state index in [-0.39, 0.29) is 0 Å². The summed E-state index contributed by atoms with van der Waals surface area (Å²) in [4.78, 5) is 25.9. The molecule has 12 aromatic heterocycles. The van der Waals surface area contributed by atoms with Crippen LogP contribution >= 0.6 is 22.7 Å². The summed E-state index contributed by atoms with van der Waals surface area (Å²) in [5.41, 5.74) is 9.94. The Morgan fingerprint density at radius 2 is 0.715 bits per heavy atom. The zero-order valence-corrected chi connectivity index (χ0v) is 105. The van der Waals surface area contributed by atoms with Gasteiger partial charge in [0.1, 0.15) is 23.3 Å². The molecule has 0 atom stereocenters. The highest BCUT2D eigenvalue weighted by molar-refractivity contribution is 7.10. The Morgan fingerprint density at radius 1 is 0.326 bits per heavy atom. The molecule has 28 heteroatoms. The first kappa shape index (κ1) is 144. The number of aromatic nitrogens is 24. The average molecular weight is 2050 g/mol.